The summed E-state index contributed by atoms with van der Waals surface area (Å²) in [6.07, 6.45) is 1.06. The van der Waals surface area contributed by atoms with Crippen LogP contribution in [-0.4, -0.2) is 8.32 Å². The third-order valence-corrected chi connectivity index (χ3v) is 2.56. The van der Waals surface area contributed by atoms with E-state index in [0.717, 1.165) is 12.5 Å². The first-order valence-electron chi connectivity index (χ1n) is 2.76. The maximum Gasteiger partial charge on any atom is 0.231 e. The summed E-state index contributed by atoms with van der Waals surface area (Å²) in [5.74, 6) is 0. The Balaban J connectivity index is 3.15. The Bertz CT molecular complexity index is 46.5. The van der Waals surface area contributed by atoms with Crippen LogP contribution >= 0.6 is 0 Å². The van der Waals surface area contributed by atoms with Crippen molar-refractivity contribution in [1.29, 1.82) is 0 Å². The molecular weight excluding hydrogens is 104 g/mol. The first-order chi connectivity index (χ1) is 3.06. The molecule has 0 aromatic carbocycles. The van der Waals surface area contributed by atoms with Crippen LogP contribution in [0, 0.1) is 0 Å². The lowest BCUT2D eigenvalue weighted by Crippen LogP contribution is -2.21. The SMILES string of the molecule is CCC[Si](C)(C)[O]. The summed E-state index contributed by atoms with van der Waals surface area (Å²) in [7, 11) is -1.91. The Hall–Kier alpha value is 0.177. The second kappa shape index (κ2) is 2.48. The van der Waals surface area contributed by atoms with Gasteiger partial charge in [0.2, 0.25) is 8.32 Å². The van der Waals surface area contributed by atoms with Gasteiger partial charge >= 0.3 is 0 Å². The highest BCUT2D eigenvalue weighted by Gasteiger charge is 2.16. The molecule has 0 amide bonds. The van der Waals surface area contributed by atoms with Crippen molar-refractivity contribution in [2.24, 2.45) is 0 Å². The lowest BCUT2D eigenvalue weighted by atomic mass is 10.6. The maximum absolute atomic E-state index is 10.8. The second-order valence-corrected chi connectivity index (χ2v) is 6.53. The van der Waals surface area contributed by atoms with E-state index in [-0.39, 0.29) is 0 Å². The van der Waals surface area contributed by atoms with E-state index in [1.54, 1.807) is 0 Å². The third-order valence-electron chi connectivity index (χ3n) is 0.852. The van der Waals surface area contributed by atoms with Crippen LogP contribution in [0.25, 0.3) is 0 Å². The minimum Gasteiger partial charge on any atom is -0.298 e. The van der Waals surface area contributed by atoms with Gasteiger partial charge in [0.05, 0.1) is 0 Å². The van der Waals surface area contributed by atoms with Gasteiger partial charge in [-0.1, -0.05) is 13.3 Å². The molecular formula is C5H13OSi. The Labute approximate surface area is 46.5 Å². The molecule has 0 aliphatic heterocycles. The Morgan fingerprint density at radius 2 is 1.86 bits per heavy atom. The molecule has 0 aliphatic rings. The highest BCUT2D eigenvalue weighted by molar-refractivity contribution is 6.69. The molecule has 1 radical (unpaired) electrons. The van der Waals surface area contributed by atoms with Crippen LogP contribution in [0.3, 0.4) is 0 Å². The predicted octanol–water partition coefficient (Wildman–Crippen LogP) is 2.03. The summed E-state index contributed by atoms with van der Waals surface area (Å²) in [6.45, 7) is 5.78. The average molecular weight is 117 g/mol. The van der Waals surface area contributed by atoms with Crippen molar-refractivity contribution in [1.82, 2.24) is 0 Å². The molecule has 0 aromatic heterocycles. The summed E-state index contributed by atoms with van der Waals surface area (Å²) >= 11 is 0. The monoisotopic (exact) mass is 117 g/mol. The molecule has 0 N–H and O–H groups in total. The minimum absolute atomic E-state index is 0.924. The van der Waals surface area contributed by atoms with Gasteiger partial charge in [-0.25, -0.2) is 0 Å². The van der Waals surface area contributed by atoms with Crippen LogP contribution in [0.5, 0.6) is 0 Å². The van der Waals surface area contributed by atoms with Crippen molar-refractivity contribution in [2.45, 2.75) is 32.5 Å². The molecule has 0 saturated heterocycles. The van der Waals surface area contributed by atoms with Crippen LogP contribution in [0.15, 0.2) is 0 Å². The van der Waals surface area contributed by atoms with Gasteiger partial charge in [-0.2, -0.15) is 0 Å². The fourth-order valence-electron chi connectivity index (χ4n) is 0.602. The molecule has 0 unspecified atom stereocenters. The van der Waals surface area contributed by atoms with E-state index in [2.05, 4.69) is 6.92 Å². The van der Waals surface area contributed by atoms with E-state index in [1.165, 1.54) is 0 Å². The zero-order chi connectivity index (χ0) is 5.91. The largest absolute Gasteiger partial charge is 0.298 e. The number of hydrogen-bond donors (Lipinski definition) is 0. The topological polar surface area (TPSA) is 19.9 Å². The molecule has 2 heteroatoms. The van der Waals surface area contributed by atoms with Gasteiger partial charge in [-0.15, -0.1) is 0 Å². The molecule has 0 rings (SSSR count). The molecule has 7 heavy (non-hydrogen) atoms. The van der Waals surface area contributed by atoms with E-state index in [1.807, 2.05) is 13.1 Å². The smallest absolute Gasteiger partial charge is 0.231 e. The van der Waals surface area contributed by atoms with Crippen LogP contribution in [0.1, 0.15) is 13.3 Å². The molecule has 0 atom stereocenters. The highest BCUT2D eigenvalue weighted by Crippen LogP contribution is 2.06. The number of hydrogen-bond acceptors (Lipinski definition) is 0. The van der Waals surface area contributed by atoms with E-state index < -0.39 is 8.32 Å². The van der Waals surface area contributed by atoms with Gasteiger partial charge in [0.1, 0.15) is 0 Å². The molecule has 0 aliphatic carbocycles. The summed E-state index contributed by atoms with van der Waals surface area (Å²) in [4.78, 5) is 10.8. The molecule has 1 nitrogen and oxygen atoms in total. The van der Waals surface area contributed by atoms with Gasteiger partial charge in [-0.05, 0) is 19.1 Å². The van der Waals surface area contributed by atoms with Gasteiger partial charge in [-0.3, -0.25) is 4.80 Å². The summed E-state index contributed by atoms with van der Waals surface area (Å²) < 4.78 is 0. The molecule has 0 fully saturated rings. The first kappa shape index (κ1) is 7.18. The lowest BCUT2D eigenvalue weighted by Gasteiger charge is -2.06. The molecule has 0 saturated carbocycles. The highest BCUT2D eigenvalue weighted by atomic mass is 28.4. The van der Waals surface area contributed by atoms with Crippen molar-refractivity contribution >= 4 is 8.32 Å². The standard InChI is InChI=1S/C5H13OSi/c1-4-5-7(2,3)6/h4-5H2,1-3H3. The molecule has 0 heterocycles. The molecule has 0 spiro atoms. The molecule has 0 bridgehead atoms. The summed E-state index contributed by atoms with van der Waals surface area (Å²) in [6, 6.07) is 0.924. The van der Waals surface area contributed by atoms with Crippen LogP contribution < -0.4 is 0 Å². The van der Waals surface area contributed by atoms with Gasteiger partial charge < -0.3 is 0 Å². The maximum atomic E-state index is 10.8. The zero-order valence-electron chi connectivity index (χ0n) is 5.32. The van der Waals surface area contributed by atoms with E-state index in [4.69, 9.17) is 0 Å². The van der Waals surface area contributed by atoms with Crippen molar-refractivity contribution in [2.75, 3.05) is 0 Å². The zero-order valence-corrected chi connectivity index (χ0v) is 6.32. The van der Waals surface area contributed by atoms with Crippen LogP contribution in [0.4, 0.5) is 0 Å². The summed E-state index contributed by atoms with van der Waals surface area (Å²) in [5.41, 5.74) is 0. The normalized spacial score (nSPS) is 12.0. The molecule has 43 valence electrons. The fourth-order valence-corrected chi connectivity index (χ4v) is 1.81. The van der Waals surface area contributed by atoms with E-state index in [9.17, 15) is 4.80 Å². The minimum atomic E-state index is -1.91. The van der Waals surface area contributed by atoms with E-state index in [0.29, 0.717) is 0 Å². The quantitative estimate of drug-likeness (QED) is 0.493. The first-order valence-corrected chi connectivity index (χ1v) is 5.88. The van der Waals surface area contributed by atoms with Crippen LogP contribution in [0.2, 0.25) is 19.1 Å². The lowest BCUT2D eigenvalue weighted by molar-refractivity contribution is 0.427. The Kier molecular flexibility index (Phi) is 2.54. The Morgan fingerprint density at radius 3 is 1.86 bits per heavy atom. The molecule has 0 aromatic rings. The van der Waals surface area contributed by atoms with Crippen LogP contribution in [-0.2, 0) is 4.80 Å². The van der Waals surface area contributed by atoms with Gasteiger partial charge in [0.25, 0.3) is 0 Å². The van der Waals surface area contributed by atoms with Crippen molar-refractivity contribution in [3.05, 3.63) is 0 Å². The number of rotatable bonds is 2. The second-order valence-electron chi connectivity index (χ2n) is 2.51. The Morgan fingerprint density at radius 1 is 1.43 bits per heavy atom. The van der Waals surface area contributed by atoms with Crippen molar-refractivity contribution < 1.29 is 4.80 Å². The fraction of sp³-hybridized carbons (Fsp3) is 1.00. The third kappa shape index (κ3) is 6.18. The average Bonchev–Trinajstić information content (AvgIpc) is 1.30. The van der Waals surface area contributed by atoms with Gasteiger partial charge in [0.15, 0.2) is 0 Å². The van der Waals surface area contributed by atoms with E-state index >= 15 is 0 Å². The van der Waals surface area contributed by atoms with Crippen molar-refractivity contribution in [3.63, 3.8) is 0 Å². The predicted molar refractivity (Wildman–Crippen MR) is 33.3 cm³/mol. The van der Waals surface area contributed by atoms with Crippen molar-refractivity contribution in [3.8, 4) is 0 Å². The summed E-state index contributed by atoms with van der Waals surface area (Å²) in [5, 5.41) is 0. The van der Waals surface area contributed by atoms with Gasteiger partial charge in [0, 0.05) is 0 Å².